The highest BCUT2D eigenvalue weighted by Gasteiger charge is 2.32. The van der Waals surface area contributed by atoms with Crippen molar-refractivity contribution in [3.8, 4) is 0 Å². The summed E-state index contributed by atoms with van der Waals surface area (Å²) in [6.45, 7) is 3.24. The van der Waals surface area contributed by atoms with Gasteiger partial charge in [-0.2, -0.15) is 0 Å². The van der Waals surface area contributed by atoms with E-state index < -0.39 is 11.6 Å². The first-order valence-electron chi connectivity index (χ1n) is 6.25. The Balaban J connectivity index is 1.73. The average molecular weight is 254 g/mol. The summed E-state index contributed by atoms with van der Waals surface area (Å²) >= 11 is 0. The van der Waals surface area contributed by atoms with Crippen molar-refractivity contribution in [3.63, 3.8) is 0 Å². The van der Waals surface area contributed by atoms with Crippen molar-refractivity contribution in [1.29, 1.82) is 0 Å². The molecule has 0 bridgehead atoms. The maximum atomic E-state index is 13.7. The monoisotopic (exact) mass is 254 g/mol. The molecule has 0 radical (unpaired) electrons. The van der Waals surface area contributed by atoms with Gasteiger partial charge in [0.2, 0.25) is 0 Å². The van der Waals surface area contributed by atoms with E-state index in [1.165, 1.54) is 12.8 Å². The second kappa shape index (κ2) is 4.35. The lowest BCUT2D eigenvalue weighted by Gasteiger charge is -2.35. The molecule has 1 saturated carbocycles. The standard InChI is InChI=1S/C12H16F2N4/c13-9-7-10(14)12(16-11(9)15)18-5-3-17(4-6-18)8-1-2-8/h7-8H,1-6H2,(H2,15,16). The van der Waals surface area contributed by atoms with Gasteiger partial charge in [0.25, 0.3) is 0 Å². The van der Waals surface area contributed by atoms with Crippen molar-refractivity contribution in [1.82, 2.24) is 9.88 Å². The molecule has 18 heavy (non-hydrogen) atoms. The highest BCUT2D eigenvalue weighted by Crippen LogP contribution is 2.29. The number of nitrogen functional groups attached to an aromatic ring is 1. The number of halogens is 2. The summed E-state index contributed by atoms with van der Waals surface area (Å²) in [6.07, 6.45) is 2.55. The Labute approximate surface area is 104 Å². The molecule has 1 aromatic heterocycles. The van der Waals surface area contributed by atoms with Crippen molar-refractivity contribution in [3.05, 3.63) is 17.7 Å². The quantitative estimate of drug-likeness (QED) is 0.862. The molecule has 0 aromatic carbocycles. The van der Waals surface area contributed by atoms with Crippen LogP contribution >= 0.6 is 0 Å². The van der Waals surface area contributed by atoms with Gasteiger partial charge in [0, 0.05) is 38.3 Å². The Hall–Kier alpha value is -1.43. The lowest BCUT2D eigenvalue weighted by atomic mass is 10.3. The Bertz CT molecular complexity index is 454. The van der Waals surface area contributed by atoms with Crippen LogP contribution in [0.2, 0.25) is 0 Å². The zero-order valence-corrected chi connectivity index (χ0v) is 10.1. The molecule has 4 nitrogen and oxygen atoms in total. The van der Waals surface area contributed by atoms with Crippen LogP contribution < -0.4 is 10.6 Å². The Morgan fingerprint density at radius 2 is 1.78 bits per heavy atom. The molecule has 1 saturated heterocycles. The minimum atomic E-state index is -0.798. The molecule has 2 aliphatic rings. The number of pyridine rings is 1. The number of rotatable bonds is 2. The molecular formula is C12H16F2N4. The molecule has 2 heterocycles. The Morgan fingerprint density at radius 1 is 1.11 bits per heavy atom. The van der Waals surface area contributed by atoms with Crippen LogP contribution in [0.25, 0.3) is 0 Å². The van der Waals surface area contributed by atoms with Crippen molar-refractivity contribution in [2.24, 2.45) is 0 Å². The third kappa shape index (κ3) is 2.12. The van der Waals surface area contributed by atoms with Gasteiger partial charge in [0.15, 0.2) is 23.3 Å². The molecule has 3 rings (SSSR count). The van der Waals surface area contributed by atoms with E-state index in [-0.39, 0.29) is 11.6 Å². The zero-order chi connectivity index (χ0) is 12.7. The van der Waals surface area contributed by atoms with Gasteiger partial charge in [-0.1, -0.05) is 0 Å². The Kier molecular flexibility index (Phi) is 2.81. The summed E-state index contributed by atoms with van der Waals surface area (Å²) in [4.78, 5) is 8.07. The minimum Gasteiger partial charge on any atom is -0.381 e. The molecule has 98 valence electrons. The van der Waals surface area contributed by atoms with Gasteiger partial charge in [-0.3, -0.25) is 4.90 Å². The van der Waals surface area contributed by atoms with Crippen LogP contribution in [0.1, 0.15) is 12.8 Å². The van der Waals surface area contributed by atoms with Gasteiger partial charge in [-0.25, -0.2) is 13.8 Å². The molecule has 2 fully saturated rings. The fraction of sp³-hybridized carbons (Fsp3) is 0.583. The number of nitrogens with two attached hydrogens (primary N) is 1. The van der Waals surface area contributed by atoms with Crippen molar-refractivity contribution in [2.75, 3.05) is 36.8 Å². The van der Waals surface area contributed by atoms with Crippen molar-refractivity contribution >= 4 is 11.6 Å². The SMILES string of the molecule is Nc1nc(N2CCN(C3CC3)CC2)c(F)cc1F. The summed E-state index contributed by atoms with van der Waals surface area (Å²) in [5.41, 5.74) is 5.39. The number of anilines is 2. The summed E-state index contributed by atoms with van der Waals surface area (Å²) in [5.74, 6) is -1.50. The van der Waals surface area contributed by atoms with Gasteiger partial charge < -0.3 is 10.6 Å². The first kappa shape index (κ1) is 11.6. The minimum absolute atomic E-state index is 0.171. The zero-order valence-electron chi connectivity index (χ0n) is 10.1. The number of hydrogen-bond donors (Lipinski definition) is 1. The molecule has 1 aromatic rings. The van der Waals surface area contributed by atoms with E-state index >= 15 is 0 Å². The van der Waals surface area contributed by atoms with Crippen LogP contribution in [0.4, 0.5) is 20.4 Å². The van der Waals surface area contributed by atoms with E-state index in [0.29, 0.717) is 13.1 Å². The summed E-state index contributed by atoms with van der Waals surface area (Å²) in [7, 11) is 0. The van der Waals surface area contributed by atoms with Gasteiger partial charge >= 0.3 is 0 Å². The maximum Gasteiger partial charge on any atom is 0.168 e. The van der Waals surface area contributed by atoms with E-state index in [9.17, 15) is 8.78 Å². The molecule has 0 atom stereocenters. The lowest BCUT2D eigenvalue weighted by Crippen LogP contribution is -2.47. The molecule has 0 amide bonds. The predicted molar refractivity (Wildman–Crippen MR) is 65.4 cm³/mol. The molecule has 1 aliphatic heterocycles. The fourth-order valence-electron chi connectivity index (χ4n) is 2.43. The molecule has 0 unspecified atom stereocenters. The second-order valence-electron chi connectivity index (χ2n) is 4.92. The topological polar surface area (TPSA) is 45.4 Å². The number of aromatic nitrogens is 1. The maximum absolute atomic E-state index is 13.7. The second-order valence-corrected chi connectivity index (χ2v) is 4.92. The van der Waals surface area contributed by atoms with E-state index in [4.69, 9.17) is 5.73 Å². The van der Waals surface area contributed by atoms with Crippen LogP contribution in [0.15, 0.2) is 6.07 Å². The highest BCUT2D eigenvalue weighted by molar-refractivity contribution is 5.47. The number of hydrogen-bond acceptors (Lipinski definition) is 4. The normalized spacial score (nSPS) is 21.3. The van der Waals surface area contributed by atoms with Crippen LogP contribution in [-0.4, -0.2) is 42.1 Å². The van der Waals surface area contributed by atoms with E-state index in [0.717, 1.165) is 25.2 Å². The van der Waals surface area contributed by atoms with Gasteiger partial charge in [-0.15, -0.1) is 0 Å². The average Bonchev–Trinajstić information content (AvgIpc) is 3.18. The fourth-order valence-corrected chi connectivity index (χ4v) is 2.43. The van der Waals surface area contributed by atoms with Crippen LogP contribution in [0.5, 0.6) is 0 Å². The molecule has 6 heteroatoms. The van der Waals surface area contributed by atoms with Crippen LogP contribution in [-0.2, 0) is 0 Å². The first-order valence-corrected chi connectivity index (χ1v) is 6.25. The summed E-state index contributed by atoms with van der Waals surface area (Å²) < 4.78 is 26.7. The van der Waals surface area contributed by atoms with Crippen LogP contribution in [0, 0.1) is 11.6 Å². The Morgan fingerprint density at radius 3 is 2.39 bits per heavy atom. The van der Waals surface area contributed by atoms with Crippen molar-refractivity contribution in [2.45, 2.75) is 18.9 Å². The number of nitrogens with zero attached hydrogens (tertiary/aromatic N) is 3. The largest absolute Gasteiger partial charge is 0.381 e. The summed E-state index contributed by atoms with van der Waals surface area (Å²) in [5, 5.41) is 0. The third-order valence-corrected chi connectivity index (χ3v) is 3.62. The van der Waals surface area contributed by atoms with Gasteiger partial charge in [-0.05, 0) is 12.8 Å². The lowest BCUT2D eigenvalue weighted by molar-refractivity contribution is 0.247. The third-order valence-electron chi connectivity index (χ3n) is 3.62. The van der Waals surface area contributed by atoms with Crippen LogP contribution in [0.3, 0.4) is 0 Å². The predicted octanol–water partition coefficient (Wildman–Crippen LogP) is 1.23. The molecule has 0 spiro atoms. The highest BCUT2D eigenvalue weighted by atomic mass is 19.1. The smallest absolute Gasteiger partial charge is 0.168 e. The van der Waals surface area contributed by atoms with E-state index in [2.05, 4.69) is 9.88 Å². The number of piperazine rings is 1. The molecule has 2 N–H and O–H groups in total. The van der Waals surface area contributed by atoms with Gasteiger partial charge in [0.1, 0.15) is 0 Å². The van der Waals surface area contributed by atoms with Gasteiger partial charge in [0.05, 0.1) is 0 Å². The molecule has 1 aliphatic carbocycles. The van der Waals surface area contributed by atoms with E-state index in [1.807, 2.05) is 4.90 Å². The van der Waals surface area contributed by atoms with E-state index in [1.54, 1.807) is 0 Å². The van der Waals surface area contributed by atoms with Crippen molar-refractivity contribution < 1.29 is 8.78 Å². The molecular weight excluding hydrogens is 238 g/mol. The first-order chi connectivity index (χ1) is 8.65. The summed E-state index contributed by atoms with van der Waals surface area (Å²) in [6, 6.07) is 1.54.